The first-order chi connectivity index (χ1) is 10.7. The Morgan fingerprint density at radius 1 is 0.727 bits per heavy atom. The Morgan fingerprint density at radius 2 is 1.14 bits per heavy atom. The molecule has 0 bridgehead atoms. The van der Waals surface area contributed by atoms with E-state index in [9.17, 15) is 4.79 Å². The van der Waals surface area contributed by atoms with Crippen LogP contribution in [0.5, 0.6) is 0 Å². The van der Waals surface area contributed by atoms with Crippen molar-refractivity contribution in [2.45, 2.75) is 111 Å². The molecule has 0 atom stereocenters. The van der Waals surface area contributed by atoms with Crippen LogP contribution in [0.15, 0.2) is 0 Å². The van der Waals surface area contributed by atoms with E-state index in [1.54, 1.807) is 0 Å². The van der Waals surface area contributed by atoms with Crippen molar-refractivity contribution in [3.63, 3.8) is 0 Å². The minimum absolute atomic E-state index is 0.218. The van der Waals surface area contributed by atoms with Crippen LogP contribution in [0.1, 0.15) is 111 Å². The molecule has 0 fully saturated rings. The molecule has 1 N–H and O–H groups in total. The van der Waals surface area contributed by atoms with Crippen LogP contribution in [0.25, 0.3) is 0 Å². The van der Waals surface area contributed by atoms with Crippen molar-refractivity contribution in [1.29, 1.82) is 0 Å². The molecule has 0 heterocycles. The summed E-state index contributed by atoms with van der Waals surface area (Å²) in [7, 11) is 0. The molecule has 0 unspecified atom stereocenters. The second-order valence-corrected chi connectivity index (χ2v) is 7.13. The zero-order valence-electron chi connectivity index (χ0n) is 15.6. The van der Waals surface area contributed by atoms with Crippen molar-refractivity contribution in [3.05, 3.63) is 0 Å². The smallest absolute Gasteiger partial charge is 0.219 e. The highest BCUT2D eigenvalue weighted by Crippen LogP contribution is 2.14. The largest absolute Gasteiger partial charge is 0.356 e. The van der Waals surface area contributed by atoms with Crippen LogP contribution in [0.2, 0.25) is 0 Å². The van der Waals surface area contributed by atoms with Crippen molar-refractivity contribution >= 4 is 5.91 Å². The molecule has 2 nitrogen and oxygen atoms in total. The van der Waals surface area contributed by atoms with Gasteiger partial charge in [-0.25, -0.2) is 0 Å². The predicted octanol–water partition coefficient (Wildman–Crippen LogP) is 6.24. The van der Waals surface area contributed by atoms with Gasteiger partial charge in [-0.05, 0) is 19.3 Å². The predicted molar refractivity (Wildman–Crippen MR) is 98.2 cm³/mol. The molecule has 2 heteroatoms. The minimum atomic E-state index is 0.218. The second-order valence-electron chi connectivity index (χ2n) is 7.13. The average Bonchev–Trinajstić information content (AvgIpc) is 2.47. The summed E-state index contributed by atoms with van der Waals surface area (Å²) in [5, 5.41) is 2.86. The Hall–Kier alpha value is -0.530. The van der Waals surface area contributed by atoms with Gasteiger partial charge in [-0.1, -0.05) is 90.9 Å². The summed E-state index contributed by atoms with van der Waals surface area (Å²) in [6, 6.07) is 0. The molecular formula is C20H41NO. The van der Waals surface area contributed by atoms with Crippen molar-refractivity contribution in [2.75, 3.05) is 6.54 Å². The standard InChI is InChI=1S/C20H41NO/c1-4-21-20(22)18-16-14-12-10-8-6-5-7-9-11-13-15-17-19(2)3/h19H,4-18H2,1-3H3,(H,21,22). The SMILES string of the molecule is CCNC(=O)CCCCCCCCCCCCCCC(C)C. The molecule has 22 heavy (non-hydrogen) atoms. The lowest BCUT2D eigenvalue weighted by Crippen LogP contribution is -2.21. The molecule has 132 valence electrons. The van der Waals surface area contributed by atoms with Crippen LogP contribution >= 0.6 is 0 Å². The zero-order valence-corrected chi connectivity index (χ0v) is 15.6. The third kappa shape index (κ3) is 17.5. The minimum Gasteiger partial charge on any atom is -0.356 e. The quantitative estimate of drug-likeness (QED) is 0.336. The van der Waals surface area contributed by atoms with Gasteiger partial charge in [-0.15, -0.1) is 0 Å². The summed E-state index contributed by atoms with van der Waals surface area (Å²) in [4.78, 5) is 11.3. The first-order valence-electron chi connectivity index (χ1n) is 9.93. The molecule has 1 amide bonds. The van der Waals surface area contributed by atoms with E-state index < -0.39 is 0 Å². The van der Waals surface area contributed by atoms with Crippen LogP contribution < -0.4 is 5.32 Å². The average molecular weight is 312 g/mol. The highest BCUT2D eigenvalue weighted by molar-refractivity contribution is 5.75. The molecule has 0 spiro atoms. The molecule has 0 radical (unpaired) electrons. The molecule has 0 aliphatic heterocycles. The van der Waals surface area contributed by atoms with Gasteiger partial charge in [0.2, 0.25) is 5.91 Å². The van der Waals surface area contributed by atoms with Gasteiger partial charge in [-0.3, -0.25) is 4.79 Å². The van der Waals surface area contributed by atoms with Crippen LogP contribution in [0.3, 0.4) is 0 Å². The van der Waals surface area contributed by atoms with Gasteiger partial charge in [0.05, 0.1) is 0 Å². The van der Waals surface area contributed by atoms with E-state index in [2.05, 4.69) is 19.2 Å². The molecule has 0 aromatic carbocycles. The topological polar surface area (TPSA) is 29.1 Å². The highest BCUT2D eigenvalue weighted by atomic mass is 16.1. The van der Waals surface area contributed by atoms with Crippen molar-refractivity contribution in [1.82, 2.24) is 5.32 Å². The number of amides is 1. The third-order valence-corrected chi connectivity index (χ3v) is 4.31. The number of nitrogens with one attached hydrogen (secondary N) is 1. The summed E-state index contributed by atoms with van der Waals surface area (Å²) in [5.41, 5.74) is 0. The van der Waals surface area contributed by atoms with Gasteiger partial charge >= 0.3 is 0 Å². The van der Waals surface area contributed by atoms with Crippen molar-refractivity contribution < 1.29 is 4.79 Å². The molecule has 0 aromatic rings. The Labute approximate surface area is 139 Å². The van der Waals surface area contributed by atoms with Gasteiger partial charge in [0.15, 0.2) is 0 Å². The third-order valence-electron chi connectivity index (χ3n) is 4.31. The van der Waals surface area contributed by atoms with E-state index in [1.807, 2.05) is 6.92 Å². The van der Waals surface area contributed by atoms with Gasteiger partial charge in [0, 0.05) is 13.0 Å². The lowest BCUT2D eigenvalue weighted by molar-refractivity contribution is -0.121. The fourth-order valence-corrected chi connectivity index (χ4v) is 2.89. The van der Waals surface area contributed by atoms with E-state index in [0.717, 1.165) is 18.9 Å². The fraction of sp³-hybridized carbons (Fsp3) is 0.950. The Kier molecular flexibility index (Phi) is 16.4. The molecule has 0 aromatic heterocycles. The van der Waals surface area contributed by atoms with Crippen molar-refractivity contribution in [3.8, 4) is 0 Å². The number of hydrogen-bond donors (Lipinski definition) is 1. The van der Waals surface area contributed by atoms with Crippen LogP contribution in [-0.2, 0) is 4.79 Å². The summed E-state index contributed by atoms with van der Waals surface area (Å²) in [6.07, 6.45) is 18.4. The maximum absolute atomic E-state index is 11.3. The fourth-order valence-electron chi connectivity index (χ4n) is 2.89. The normalized spacial score (nSPS) is 11.1. The zero-order chi connectivity index (χ0) is 16.5. The maximum Gasteiger partial charge on any atom is 0.219 e. The summed E-state index contributed by atoms with van der Waals surface area (Å²) >= 11 is 0. The number of carbonyl (C=O) groups excluding carboxylic acids is 1. The number of carbonyl (C=O) groups is 1. The summed E-state index contributed by atoms with van der Waals surface area (Å²) < 4.78 is 0. The maximum atomic E-state index is 11.3. The van der Waals surface area contributed by atoms with E-state index in [4.69, 9.17) is 0 Å². The summed E-state index contributed by atoms with van der Waals surface area (Å²) in [6.45, 7) is 7.38. The van der Waals surface area contributed by atoms with Crippen LogP contribution in [0.4, 0.5) is 0 Å². The van der Waals surface area contributed by atoms with E-state index in [1.165, 1.54) is 77.0 Å². The Balaban J connectivity index is 3.04. The molecule has 0 aliphatic carbocycles. The van der Waals surface area contributed by atoms with Crippen LogP contribution in [-0.4, -0.2) is 12.5 Å². The van der Waals surface area contributed by atoms with E-state index in [-0.39, 0.29) is 5.91 Å². The monoisotopic (exact) mass is 311 g/mol. The van der Waals surface area contributed by atoms with Crippen molar-refractivity contribution in [2.24, 2.45) is 5.92 Å². The summed E-state index contributed by atoms with van der Waals surface area (Å²) in [5.74, 6) is 1.09. The Bertz CT molecular complexity index is 238. The van der Waals surface area contributed by atoms with Crippen LogP contribution in [0, 0.1) is 5.92 Å². The first kappa shape index (κ1) is 21.5. The number of rotatable bonds is 16. The Morgan fingerprint density at radius 3 is 1.55 bits per heavy atom. The van der Waals surface area contributed by atoms with E-state index in [0.29, 0.717) is 6.42 Å². The molecule has 0 saturated carbocycles. The lowest BCUT2D eigenvalue weighted by Gasteiger charge is -2.05. The molecule has 0 aliphatic rings. The van der Waals surface area contributed by atoms with Gasteiger partial charge in [-0.2, -0.15) is 0 Å². The lowest BCUT2D eigenvalue weighted by atomic mass is 10.0. The van der Waals surface area contributed by atoms with Gasteiger partial charge in [0.25, 0.3) is 0 Å². The van der Waals surface area contributed by atoms with Gasteiger partial charge < -0.3 is 5.32 Å². The van der Waals surface area contributed by atoms with Gasteiger partial charge in [0.1, 0.15) is 0 Å². The number of hydrogen-bond acceptors (Lipinski definition) is 1. The second kappa shape index (κ2) is 16.8. The first-order valence-corrected chi connectivity index (χ1v) is 9.93. The molecule has 0 saturated heterocycles. The molecule has 0 rings (SSSR count). The van der Waals surface area contributed by atoms with E-state index >= 15 is 0 Å². The molecular weight excluding hydrogens is 270 g/mol. The number of unbranched alkanes of at least 4 members (excludes halogenated alkanes) is 11. The highest BCUT2D eigenvalue weighted by Gasteiger charge is 1.99.